The first-order valence-corrected chi connectivity index (χ1v) is 10.6. The molecular weight excluding hydrogens is 386 g/mol. The molecule has 4 amide bonds. The van der Waals surface area contributed by atoms with E-state index >= 15 is 0 Å². The van der Waals surface area contributed by atoms with E-state index < -0.39 is 29.9 Å². The van der Waals surface area contributed by atoms with Gasteiger partial charge in [-0.05, 0) is 37.8 Å². The molecular formula is C22H29N3O5. The van der Waals surface area contributed by atoms with E-state index in [1.165, 1.54) is 6.92 Å². The number of hydrogen-bond donors (Lipinski definition) is 2. The van der Waals surface area contributed by atoms with Crippen LogP contribution in [0, 0.1) is 5.92 Å². The molecule has 1 heterocycles. The second-order valence-electron chi connectivity index (χ2n) is 7.91. The monoisotopic (exact) mass is 415 g/mol. The molecule has 2 N–H and O–H groups in total. The summed E-state index contributed by atoms with van der Waals surface area (Å²) in [6.45, 7) is 3.64. The van der Waals surface area contributed by atoms with Crippen LogP contribution in [-0.4, -0.2) is 42.5 Å². The Bertz CT molecular complexity index is 819. The topological polar surface area (TPSA) is 105 Å². The van der Waals surface area contributed by atoms with E-state index in [1.54, 1.807) is 4.90 Å². The maximum absolute atomic E-state index is 12.5. The number of anilines is 1. The molecule has 2 atom stereocenters. The number of carbonyl (C=O) groups excluding carboxylic acids is 4. The van der Waals surface area contributed by atoms with Gasteiger partial charge in [-0.3, -0.25) is 19.7 Å². The SMILES string of the molecule is CCc1ccccc1N1C[C@H](C(=O)O[C@@H](C)C(=O)NC(=O)NC2CCCC2)CC1=O. The van der Waals surface area contributed by atoms with Crippen LogP contribution < -0.4 is 15.5 Å². The number of esters is 1. The third-order valence-electron chi connectivity index (χ3n) is 5.71. The molecule has 8 heteroatoms. The van der Waals surface area contributed by atoms with E-state index in [9.17, 15) is 19.2 Å². The van der Waals surface area contributed by atoms with Crippen molar-refractivity contribution in [3.8, 4) is 0 Å². The van der Waals surface area contributed by atoms with E-state index in [0.717, 1.165) is 43.4 Å². The van der Waals surface area contributed by atoms with Crippen molar-refractivity contribution in [2.24, 2.45) is 5.92 Å². The Labute approximate surface area is 176 Å². The van der Waals surface area contributed by atoms with Crippen molar-refractivity contribution in [2.75, 3.05) is 11.4 Å². The molecule has 8 nitrogen and oxygen atoms in total. The summed E-state index contributed by atoms with van der Waals surface area (Å²) in [5, 5.41) is 4.97. The van der Waals surface area contributed by atoms with Crippen molar-refractivity contribution >= 4 is 29.5 Å². The zero-order valence-corrected chi connectivity index (χ0v) is 17.5. The van der Waals surface area contributed by atoms with Crippen LogP contribution in [0.5, 0.6) is 0 Å². The lowest BCUT2D eigenvalue weighted by molar-refractivity contribution is -0.158. The molecule has 1 saturated heterocycles. The summed E-state index contributed by atoms with van der Waals surface area (Å²) in [5.74, 6) is -2.09. The summed E-state index contributed by atoms with van der Waals surface area (Å²) in [6, 6.07) is 7.10. The first-order chi connectivity index (χ1) is 14.4. The fraction of sp³-hybridized carbons (Fsp3) is 0.545. The second kappa shape index (κ2) is 9.73. The summed E-state index contributed by atoms with van der Waals surface area (Å²) in [5.41, 5.74) is 1.83. The summed E-state index contributed by atoms with van der Waals surface area (Å²) in [7, 11) is 0. The van der Waals surface area contributed by atoms with E-state index in [-0.39, 0.29) is 24.9 Å². The standard InChI is InChI=1S/C22H29N3O5/c1-3-15-8-4-7-11-18(15)25-13-16(12-19(25)26)21(28)30-14(2)20(27)24-22(29)23-17-9-5-6-10-17/h4,7-8,11,14,16-17H,3,5-6,9-10,12-13H2,1-2H3,(H2,23,24,27,29)/t14-,16+/m0/s1. The molecule has 3 rings (SSSR count). The number of urea groups is 1. The summed E-state index contributed by atoms with van der Waals surface area (Å²) in [4.78, 5) is 50.7. The van der Waals surface area contributed by atoms with Crippen LogP contribution in [-0.2, 0) is 25.5 Å². The Morgan fingerprint density at radius 3 is 2.60 bits per heavy atom. The van der Waals surface area contributed by atoms with Gasteiger partial charge in [0.25, 0.3) is 5.91 Å². The molecule has 1 aromatic carbocycles. The van der Waals surface area contributed by atoms with Crippen molar-refractivity contribution in [1.82, 2.24) is 10.6 Å². The smallest absolute Gasteiger partial charge is 0.321 e. The summed E-state index contributed by atoms with van der Waals surface area (Å²) in [6.07, 6.45) is 3.61. The molecule has 0 unspecified atom stereocenters. The minimum Gasteiger partial charge on any atom is -0.452 e. The van der Waals surface area contributed by atoms with Crippen molar-refractivity contribution in [2.45, 2.75) is 64.5 Å². The normalized spacial score (nSPS) is 20.1. The van der Waals surface area contributed by atoms with Gasteiger partial charge in [-0.2, -0.15) is 0 Å². The van der Waals surface area contributed by atoms with Gasteiger partial charge in [0.2, 0.25) is 5.91 Å². The zero-order valence-electron chi connectivity index (χ0n) is 17.5. The lowest BCUT2D eigenvalue weighted by Crippen LogP contribution is -2.47. The number of aryl methyl sites for hydroxylation is 1. The highest BCUT2D eigenvalue weighted by molar-refractivity contribution is 6.01. The maximum Gasteiger partial charge on any atom is 0.321 e. The molecule has 0 aromatic heterocycles. The highest BCUT2D eigenvalue weighted by atomic mass is 16.5. The van der Waals surface area contributed by atoms with Crippen LogP contribution in [0.4, 0.5) is 10.5 Å². The van der Waals surface area contributed by atoms with Crippen LogP contribution in [0.25, 0.3) is 0 Å². The summed E-state index contributed by atoms with van der Waals surface area (Å²) >= 11 is 0. The van der Waals surface area contributed by atoms with Gasteiger partial charge in [-0.15, -0.1) is 0 Å². The largest absolute Gasteiger partial charge is 0.452 e. The second-order valence-corrected chi connectivity index (χ2v) is 7.91. The number of rotatable bonds is 6. The van der Waals surface area contributed by atoms with Gasteiger partial charge < -0.3 is 15.0 Å². The van der Waals surface area contributed by atoms with Crippen molar-refractivity contribution in [3.05, 3.63) is 29.8 Å². The van der Waals surface area contributed by atoms with E-state index in [0.29, 0.717) is 0 Å². The molecule has 2 aliphatic rings. The maximum atomic E-state index is 12.5. The molecule has 2 fully saturated rings. The van der Waals surface area contributed by atoms with Gasteiger partial charge in [0.15, 0.2) is 6.10 Å². The highest BCUT2D eigenvalue weighted by Crippen LogP contribution is 2.29. The Morgan fingerprint density at radius 1 is 1.20 bits per heavy atom. The third-order valence-corrected chi connectivity index (χ3v) is 5.71. The van der Waals surface area contributed by atoms with Gasteiger partial charge >= 0.3 is 12.0 Å². The minimum atomic E-state index is -1.13. The number of nitrogens with one attached hydrogen (secondary N) is 2. The third kappa shape index (κ3) is 5.17. The average Bonchev–Trinajstić information content (AvgIpc) is 3.37. The number of para-hydroxylation sites is 1. The molecule has 1 aliphatic carbocycles. The van der Waals surface area contributed by atoms with Gasteiger partial charge in [0.05, 0.1) is 5.92 Å². The Kier molecular flexibility index (Phi) is 7.07. The van der Waals surface area contributed by atoms with Gasteiger partial charge in [0, 0.05) is 24.7 Å². The van der Waals surface area contributed by atoms with Crippen LogP contribution in [0.1, 0.15) is 51.5 Å². The number of carbonyl (C=O) groups is 4. The van der Waals surface area contributed by atoms with E-state index in [1.807, 2.05) is 31.2 Å². The zero-order chi connectivity index (χ0) is 21.7. The Hall–Kier alpha value is -2.90. The van der Waals surface area contributed by atoms with Crippen LogP contribution >= 0.6 is 0 Å². The summed E-state index contributed by atoms with van der Waals surface area (Å²) < 4.78 is 5.25. The van der Waals surface area contributed by atoms with Crippen molar-refractivity contribution < 1.29 is 23.9 Å². The lowest BCUT2D eigenvalue weighted by atomic mass is 10.1. The van der Waals surface area contributed by atoms with Gasteiger partial charge in [-0.1, -0.05) is 38.0 Å². The minimum absolute atomic E-state index is 0.0351. The average molecular weight is 415 g/mol. The van der Waals surface area contributed by atoms with Crippen molar-refractivity contribution in [3.63, 3.8) is 0 Å². The number of ether oxygens (including phenoxy) is 1. The van der Waals surface area contributed by atoms with Gasteiger partial charge in [0.1, 0.15) is 0 Å². The number of hydrogen-bond acceptors (Lipinski definition) is 5. The Balaban J connectivity index is 1.52. The number of benzene rings is 1. The number of nitrogens with zero attached hydrogens (tertiary/aromatic N) is 1. The lowest BCUT2D eigenvalue weighted by Gasteiger charge is -2.20. The fourth-order valence-corrected chi connectivity index (χ4v) is 4.00. The fourth-order valence-electron chi connectivity index (χ4n) is 4.00. The number of amides is 4. The first kappa shape index (κ1) is 21.8. The molecule has 30 heavy (non-hydrogen) atoms. The molecule has 0 radical (unpaired) electrons. The Morgan fingerprint density at radius 2 is 1.90 bits per heavy atom. The highest BCUT2D eigenvalue weighted by Gasteiger charge is 2.38. The predicted molar refractivity (Wildman–Crippen MR) is 111 cm³/mol. The van der Waals surface area contributed by atoms with E-state index in [2.05, 4.69) is 10.6 Å². The molecule has 0 bridgehead atoms. The first-order valence-electron chi connectivity index (χ1n) is 10.6. The van der Waals surface area contributed by atoms with Crippen LogP contribution in [0.2, 0.25) is 0 Å². The van der Waals surface area contributed by atoms with E-state index in [4.69, 9.17) is 4.74 Å². The molecule has 1 aliphatic heterocycles. The van der Waals surface area contributed by atoms with Crippen LogP contribution in [0.3, 0.4) is 0 Å². The quantitative estimate of drug-likeness (QED) is 0.694. The van der Waals surface area contributed by atoms with Crippen molar-refractivity contribution in [1.29, 1.82) is 0 Å². The molecule has 162 valence electrons. The molecule has 0 spiro atoms. The predicted octanol–water partition coefficient (Wildman–Crippen LogP) is 2.30. The number of imide groups is 1. The van der Waals surface area contributed by atoms with Gasteiger partial charge in [-0.25, -0.2) is 4.79 Å². The van der Waals surface area contributed by atoms with Crippen LogP contribution in [0.15, 0.2) is 24.3 Å². The molecule has 1 aromatic rings. The molecule has 1 saturated carbocycles.